The summed E-state index contributed by atoms with van der Waals surface area (Å²) in [6, 6.07) is 3.65. The van der Waals surface area contributed by atoms with E-state index in [0.717, 1.165) is 31.1 Å². The molecular formula is C17H22N4O5. The number of carboxylic acid groups (broad SMARTS) is 1. The highest BCUT2D eigenvalue weighted by Crippen LogP contribution is 2.28. The SMILES string of the molecule is O=C(O)/C=C/C(=O)Nc1ccc(N2CCOCC2)nc1N1CCOCC1. The van der Waals surface area contributed by atoms with Crippen LogP contribution in [0.4, 0.5) is 17.3 Å². The van der Waals surface area contributed by atoms with Crippen LogP contribution in [0.2, 0.25) is 0 Å². The Morgan fingerprint density at radius 2 is 1.62 bits per heavy atom. The number of pyridine rings is 1. The molecule has 3 rings (SSSR count). The first-order valence-electron chi connectivity index (χ1n) is 8.52. The lowest BCUT2D eigenvalue weighted by molar-refractivity contribution is -0.131. The number of anilines is 3. The number of ether oxygens (including phenoxy) is 2. The molecule has 1 aromatic heterocycles. The van der Waals surface area contributed by atoms with Gasteiger partial charge < -0.3 is 29.7 Å². The fourth-order valence-electron chi connectivity index (χ4n) is 2.84. The molecule has 0 aliphatic carbocycles. The number of amides is 1. The van der Waals surface area contributed by atoms with Gasteiger partial charge in [-0.2, -0.15) is 0 Å². The van der Waals surface area contributed by atoms with Crippen LogP contribution in [-0.4, -0.2) is 74.6 Å². The second-order valence-electron chi connectivity index (χ2n) is 5.90. The number of aromatic nitrogens is 1. The molecule has 0 unspecified atom stereocenters. The number of carboxylic acids is 1. The normalized spacial score (nSPS) is 18.2. The topological polar surface area (TPSA) is 104 Å². The largest absolute Gasteiger partial charge is 0.478 e. The van der Waals surface area contributed by atoms with Gasteiger partial charge in [0, 0.05) is 38.3 Å². The first-order valence-corrected chi connectivity index (χ1v) is 8.52. The number of rotatable bonds is 5. The molecular weight excluding hydrogens is 340 g/mol. The zero-order chi connectivity index (χ0) is 18.4. The molecule has 0 radical (unpaired) electrons. The highest BCUT2D eigenvalue weighted by atomic mass is 16.5. The second-order valence-corrected chi connectivity index (χ2v) is 5.90. The monoisotopic (exact) mass is 362 g/mol. The lowest BCUT2D eigenvalue weighted by Crippen LogP contribution is -2.39. The number of carbonyl (C=O) groups excluding carboxylic acids is 1. The maximum atomic E-state index is 12.0. The van der Waals surface area contributed by atoms with Gasteiger partial charge in [0.25, 0.3) is 0 Å². The summed E-state index contributed by atoms with van der Waals surface area (Å²) in [4.78, 5) is 31.5. The van der Waals surface area contributed by atoms with E-state index >= 15 is 0 Å². The predicted octanol–water partition coefficient (Wildman–Crippen LogP) is 0.334. The van der Waals surface area contributed by atoms with Gasteiger partial charge in [-0.05, 0) is 12.1 Å². The Bertz CT molecular complexity index is 682. The Morgan fingerprint density at radius 3 is 2.23 bits per heavy atom. The summed E-state index contributed by atoms with van der Waals surface area (Å²) < 4.78 is 10.8. The van der Waals surface area contributed by atoms with Gasteiger partial charge in [0.05, 0.1) is 32.1 Å². The van der Waals surface area contributed by atoms with Gasteiger partial charge in [-0.3, -0.25) is 4.79 Å². The van der Waals surface area contributed by atoms with Gasteiger partial charge in [0.2, 0.25) is 5.91 Å². The number of nitrogens with one attached hydrogen (secondary N) is 1. The maximum absolute atomic E-state index is 12.0. The van der Waals surface area contributed by atoms with E-state index in [1.807, 2.05) is 6.07 Å². The number of morpholine rings is 2. The van der Waals surface area contributed by atoms with Crippen LogP contribution in [0, 0.1) is 0 Å². The summed E-state index contributed by atoms with van der Waals surface area (Å²) in [6.45, 7) is 5.39. The van der Waals surface area contributed by atoms with E-state index in [4.69, 9.17) is 19.6 Å². The molecule has 3 heterocycles. The van der Waals surface area contributed by atoms with Crippen molar-refractivity contribution in [3.05, 3.63) is 24.3 Å². The van der Waals surface area contributed by atoms with Crippen molar-refractivity contribution < 1.29 is 24.2 Å². The van der Waals surface area contributed by atoms with E-state index < -0.39 is 11.9 Å². The lowest BCUT2D eigenvalue weighted by atomic mass is 10.3. The van der Waals surface area contributed by atoms with Crippen LogP contribution in [0.5, 0.6) is 0 Å². The Hall–Kier alpha value is -2.65. The van der Waals surface area contributed by atoms with E-state index in [9.17, 15) is 9.59 Å². The van der Waals surface area contributed by atoms with Gasteiger partial charge in [-0.25, -0.2) is 9.78 Å². The van der Waals surface area contributed by atoms with Crippen molar-refractivity contribution in [3.63, 3.8) is 0 Å². The third kappa shape index (κ3) is 4.70. The molecule has 0 spiro atoms. The van der Waals surface area contributed by atoms with Gasteiger partial charge in [0.15, 0.2) is 5.82 Å². The van der Waals surface area contributed by atoms with Crippen LogP contribution >= 0.6 is 0 Å². The number of carbonyl (C=O) groups is 2. The van der Waals surface area contributed by atoms with Gasteiger partial charge >= 0.3 is 5.97 Å². The van der Waals surface area contributed by atoms with Crippen LogP contribution < -0.4 is 15.1 Å². The second kappa shape index (κ2) is 8.63. The van der Waals surface area contributed by atoms with Crippen molar-refractivity contribution in [1.82, 2.24) is 4.98 Å². The van der Waals surface area contributed by atoms with Crippen molar-refractivity contribution in [2.45, 2.75) is 0 Å². The summed E-state index contributed by atoms with van der Waals surface area (Å²) in [7, 11) is 0. The molecule has 1 amide bonds. The first-order chi connectivity index (χ1) is 12.6. The van der Waals surface area contributed by atoms with E-state index in [0.29, 0.717) is 51.0 Å². The molecule has 9 heteroatoms. The molecule has 0 atom stereocenters. The average molecular weight is 362 g/mol. The van der Waals surface area contributed by atoms with Crippen molar-refractivity contribution >= 4 is 29.2 Å². The third-order valence-corrected chi connectivity index (χ3v) is 4.14. The summed E-state index contributed by atoms with van der Waals surface area (Å²) in [5.41, 5.74) is 0.545. The average Bonchev–Trinajstić information content (AvgIpc) is 2.68. The summed E-state index contributed by atoms with van der Waals surface area (Å²) >= 11 is 0. The number of nitrogens with zero attached hydrogens (tertiary/aromatic N) is 3. The molecule has 9 nitrogen and oxygen atoms in total. The Morgan fingerprint density at radius 1 is 1.00 bits per heavy atom. The van der Waals surface area contributed by atoms with Gasteiger partial charge in [0.1, 0.15) is 5.82 Å². The molecule has 1 aromatic rings. The Balaban J connectivity index is 1.84. The predicted molar refractivity (Wildman–Crippen MR) is 95.7 cm³/mol. The van der Waals surface area contributed by atoms with Crippen LogP contribution in [0.15, 0.2) is 24.3 Å². The summed E-state index contributed by atoms with van der Waals surface area (Å²) in [6.07, 6.45) is 1.79. The van der Waals surface area contributed by atoms with E-state index in [2.05, 4.69) is 15.1 Å². The number of hydrogen-bond acceptors (Lipinski definition) is 7. The van der Waals surface area contributed by atoms with Crippen molar-refractivity contribution in [2.75, 3.05) is 67.7 Å². The third-order valence-electron chi connectivity index (χ3n) is 4.14. The molecule has 0 aromatic carbocycles. The van der Waals surface area contributed by atoms with Crippen molar-refractivity contribution in [2.24, 2.45) is 0 Å². The zero-order valence-electron chi connectivity index (χ0n) is 14.4. The standard InChI is InChI=1S/C17H22N4O5/c22-15(3-4-16(23)24)18-13-1-2-14(20-5-9-25-10-6-20)19-17(13)21-7-11-26-12-8-21/h1-4H,5-12H2,(H,18,22)(H,23,24)/b4-3+. The molecule has 0 bridgehead atoms. The van der Waals surface area contributed by atoms with Crippen molar-refractivity contribution in [1.29, 1.82) is 0 Å². The Labute approximate surface area is 151 Å². The molecule has 26 heavy (non-hydrogen) atoms. The summed E-state index contributed by atoms with van der Waals surface area (Å²) in [5.74, 6) is -0.194. The van der Waals surface area contributed by atoms with Crippen LogP contribution in [-0.2, 0) is 19.1 Å². The zero-order valence-corrected chi connectivity index (χ0v) is 14.4. The van der Waals surface area contributed by atoms with Crippen LogP contribution in [0.1, 0.15) is 0 Å². The minimum Gasteiger partial charge on any atom is -0.478 e. The lowest BCUT2D eigenvalue weighted by Gasteiger charge is -2.32. The van der Waals surface area contributed by atoms with Crippen LogP contribution in [0.3, 0.4) is 0 Å². The van der Waals surface area contributed by atoms with E-state index in [1.54, 1.807) is 6.07 Å². The maximum Gasteiger partial charge on any atom is 0.328 e. The fraction of sp³-hybridized carbons (Fsp3) is 0.471. The number of hydrogen-bond donors (Lipinski definition) is 2. The first kappa shape index (κ1) is 18.2. The summed E-state index contributed by atoms with van der Waals surface area (Å²) in [5, 5.41) is 11.4. The smallest absolute Gasteiger partial charge is 0.328 e. The van der Waals surface area contributed by atoms with E-state index in [-0.39, 0.29) is 0 Å². The Kier molecular flexibility index (Phi) is 6.03. The van der Waals surface area contributed by atoms with Gasteiger partial charge in [-0.15, -0.1) is 0 Å². The highest BCUT2D eigenvalue weighted by molar-refractivity contribution is 6.03. The quantitative estimate of drug-likeness (QED) is 0.723. The minimum absolute atomic E-state index is 0.511. The van der Waals surface area contributed by atoms with E-state index in [1.165, 1.54) is 0 Å². The molecule has 140 valence electrons. The van der Waals surface area contributed by atoms with Crippen LogP contribution in [0.25, 0.3) is 0 Å². The minimum atomic E-state index is -1.17. The fourth-order valence-corrected chi connectivity index (χ4v) is 2.84. The molecule has 2 saturated heterocycles. The highest BCUT2D eigenvalue weighted by Gasteiger charge is 2.20. The van der Waals surface area contributed by atoms with Gasteiger partial charge in [-0.1, -0.05) is 0 Å². The molecule has 2 N–H and O–H groups in total. The number of aliphatic carboxylic acids is 1. The van der Waals surface area contributed by atoms with Crippen molar-refractivity contribution in [3.8, 4) is 0 Å². The molecule has 2 aliphatic heterocycles. The molecule has 2 aliphatic rings. The molecule has 0 saturated carbocycles. The molecule has 2 fully saturated rings.